The van der Waals surface area contributed by atoms with Gasteiger partial charge in [-0.25, -0.2) is 0 Å². The number of fused-ring (bicyclic) bond motifs is 2. The summed E-state index contributed by atoms with van der Waals surface area (Å²) in [5.74, 6) is 1.88. The van der Waals surface area contributed by atoms with Crippen LogP contribution in [0.2, 0.25) is 0 Å². The molecule has 2 saturated carbocycles. The molecule has 108 valence electrons. The molecular weight excluding hydrogens is 253 g/mol. The minimum Gasteiger partial charge on any atom is -0.327 e. The molecule has 2 bridgehead atoms. The smallest absolute Gasteiger partial charge is 0.327 e. The van der Waals surface area contributed by atoms with Crippen LogP contribution in [0.5, 0.6) is 0 Å². The zero-order valence-electron chi connectivity index (χ0n) is 11.0. The Bertz CT molecular complexity index is 375. The maximum atomic E-state index is 12.6. The lowest BCUT2D eigenvalue weighted by Gasteiger charge is -2.35. The Morgan fingerprint density at radius 3 is 2.53 bits per heavy atom. The molecule has 0 aromatic rings. The molecule has 0 saturated heterocycles. The summed E-state index contributed by atoms with van der Waals surface area (Å²) in [5, 5.41) is 0. The number of hydrogen-bond donors (Lipinski definition) is 1. The summed E-state index contributed by atoms with van der Waals surface area (Å²) >= 11 is 0. The van der Waals surface area contributed by atoms with E-state index in [2.05, 4.69) is 4.90 Å². The van der Waals surface area contributed by atoms with E-state index in [4.69, 9.17) is 5.73 Å². The normalized spacial score (nSPS) is 39.7. The average Bonchev–Trinajstić information content (AvgIpc) is 2.93. The van der Waals surface area contributed by atoms with Gasteiger partial charge in [0.25, 0.3) is 0 Å². The summed E-state index contributed by atoms with van der Waals surface area (Å²) in [5.41, 5.74) is 5.90. The largest absolute Gasteiger partial charge is 0.412 e. The minimum absolute atomic E-state index is 0.125. The Labute approximate surface area is 111 Å². The molecule has 2 N–H and O–H groups in total. The van der Waals surface area contributed by atoms with Gasteiger partial charge in [0.05, 0.1) is 0 Å². The topological polar surface area (TPSA) is 29.3 Å². The number of halogens is 3. The monoisotopic (exact) mass is 274 g/mol. The highest BCUT2D eigenvalue weighted by atomic mass is 19.4. The lowest BCUT2D eigenvalue weighted by atomic mass is 9.84. The first-order chi connectivity index (χ1) is 8.95. The summed E-state index contributed by atoms with van der Waals surface area (Å²) in [6, 6.07) is 0.270. The molecule has 2 nitrogen and oxygen atoms in total. The first-order valence-electron chi connectivity index (χ1n) is 7.19. The number of hydrogen-bond acceptors (Lipinski definition) is 2. The molecule has 3 rings (SSSR count). The van der Waals surface area contributed by atoms with Crippen LogP contribution < -0.4 is 5.73 Å². The third-order valence-electron chi connectivity index (χ3n) is 5.28. The maximum absolute atomic E-state index is 12.6. The minimum atomic E-state index is -4.14. The van der Waals surface area contributed by atoms with Crippen molar-refractivity contribution in [3.05, 3.63) is 11.6 Å². The van der Waals surface area contributed by atoms with Crippen LogP contribution in [0.3, 0.4) is 0 Å². The van der Waals surface area contributed by atoms with Crippen LogP contribution >= 0.6 is 0 Å². The van der Waals surface area contributed by atoms with Crippen molar-refractivity contribution in [3.8, 4) is 0 Å². The molecule has 0 aromatic carbocycles. The summed E-state index contributed by atoms with van der Waals surface area (Å²) in [6.45, 7) is 1.82. The summed E-state index contributed by atoms with van der Waals surface area (Å²) in [7, 11) is 0. The van der Waals surface area contributed by atoms with Gasteiger partial charge in [-0.1, -0.05) is 6.08 Å². The van der Waals surface area contributed by atoms with E-state index in [1.807, 2.05) is 0 Å². The molecule has 4 unspecified atom stereocenters. The molecule has 0 radical (unpaired) electrons. The Balaban J connectivity index is 1.57. The third-order valence-corrected chi connectivity index (χ3v) is 5.28. The molecular formula is C14H21F3N2. The molecule has 19 heavy (non-hydrogen) atoms. The van der Waals surface area contributed by atoms with Gasteiger partial charge in [-0.05, 0) is 43.4 Å². The molecule has 0 amide bonds. The molecule has 2 fully saturated rings. The van der Waals surface area contributed by atoms with Crippen LogP contribution in [0.4, 0.5) is 13.2 Å². The molecule has 5 heteroatoms. The van der Waals surface area contributed by atoms with Gasteiger partial charge in [-0.15, -0.1) is 0 Å². The van der Waals surface area contributed by atoms with E-state index in [0.717, 1.165) is 6.54 Å². The predicted molar refractivity (Wildman–Crippen MR) is 67.5 cm³/mol. The highest BCUT2D eigenvalue weighted by Crippen LogP contribution is 2.48. The van der Waals surface area contributed by atoms with Crippen LogP contribution in [-0.2, 0) is 0 Å². The van der Waals surface area contributed by atoms with Gasteiger partial charge < -0.3 is 5.73 Å². The fourth-order valence-corrected chi connectivity index (χ4v) is 4.16. The third kappa shape index (κ3) is 2.55. The number of rotatable bonds is 2. The average molecular weight is 274 g/mol. The van der Waals surface area contributed by atoms with Crippen molar-refractivity contribution in [3.63, 3.8) is 0 Å². The molecule has 0 aromatic heterocycles. The van der Waals surface area contributed by atoms with Gasteiger partial charge in [0.2, 0.25) is 0 Å². The van der Waals surface area contributed by atoms with E-state index in [1.165, 1.54) is 25.3 Å². The highest BCUT2D eigenvalue weighted by Gasteiger charge is 2.46. The van der Waals surface area contributed by atoms with Gasteiger partial charge in [0, 0.05) is 31.2 Å². The van der Waals surface area contributed by atoms with Crippen molar-refractivity contribution in [1.82, 2.24) is 4.90 Å². The fraction of sp³-hybridized carbons (Fsp3) is 0.857. The second-order valence-corrected chi connectivity index (χ2v) is 6.31. The molecule has 0 spiro atoms. The summed E-state index contributed by atoms with van der Waals surface area (Å²) < 4.78 is 37.7. The van der Waals surface area contributed by atoms with Gasteiger partial charge in [0.15, 0.2) is 0 Å². The van der Waals surface area contributed by atoms with E-state index in [1.54, 1.807) is 0 Å². The van der Waals surface area contributed by atoms with E-state index in [0.29, 0.717) is 30.8 Å². The van der Waals surface area contributed by atoms with E-state index >= 15 is 0 Å². The predicted octanol–water partition coefficient (Wildman–Crippen LogP) is 2.55. The van der Waals surface area contributed by atoms with Gasteiger partial charge in [-0.3, -0.25) is 4.90 Å². The molecule has 2 aliphatic carbocycles. The zero-order chi connectivity index (χ0) is 13.6. The van der Waals surface area contributed by atoms with E-state index < -0.39 is 6.18 Å². The van der Waals surface area contributed by atoms with E-state index in [-0.39, 0.29) is 18.0 Å². The van der Waals surface area contributed by atoms with Crippen molar-refractivity contribution >= 4 is 0 Å². The first-order valence-corrected chi connectivity index (χ1v) is 7.19. The lowest BCUT2D eigenvalue weighted by Crippen LogP contribution is -2.44. The SMILES string of the molecule is NC1C2CCC(C2)C1CN1CC=C(C(F)(F)F)CC1. The van der Waals surface area contributed by atoms with Crippen molar-refractivity contribution in [2.75, 3.05) is 19.6 Å². The fourth-order valence-electron chi connectivity index (χ4n) is 4.16. The van der Waals surface area contributed by atoms with Crippen molar-refractivity contribution in [2.24, 2.45) is 23.5 Å². The lowest BCUT2D eigenvalue weighted by molar-refractivity contribution is -0.0961. The van der Waals surface area contributed by atoms with Crippen LogP contribution in [0.15, 0.2) is 11.6 Å². The maximum Gasteiger partial charge on any atom is 0.412 e. The molecule has 1 aliphatic heterocycles. The molecule has 4 atom stereocenters. The Hall–Kier alpha value is -0.550. The Morgan fingerprint density at radius 1 is 1.26 bits per heavy atom. The molecule has 3 aliphatic rings. The van der Waals surface area contributed by atoms with Crippen LogP contribution in [0.1, 0.15) is 25.7 Å². The van der Waals surface area contributed by atoms with Crippen LogP contribution in [0, 0.1) is 17.8 Å². The van der Waals surface area contributed by atoms with Crippen molar-refractivity contribution < 1.29 is 13.2 Å². The standard InChI is InChI=1S/C14H21F3N2/c15-14(16,17)11-3-5-19(6-4-11)8-12-9-1-2-10(7-9)13(12)18/h3,9-10,12-13H,1-2,4-8,18H2. The second kappa shape index (κ2) is 4.77. The van der Waals surface area contributed by atoms with Crippen LogP contribution in [0.25, 0.3) is 0 Å². The first kappa shape index (κ1) is 13.4. The quantitative estimate of drug-likeness (QED) is 0.784. The number of nitrogens with two attached hydrogens (primary N) is 1. The Kier molecular flexibility index (Phi) is 3.38. The summed E-state index contributed by atoms with van der Waals surface area (Å²) in [6.07, 6.45) is 1.08. The van der Waals surface area contributed by atoms with Gasteiger partial charge >= 0.3 is 6.18 Å². The molecule has 1 heterocycles. The van der Waals surface area contributed by atoms with Crippen molar-refractivity contribution in [1.29, 1.82) is 0 Å². The number of nitrogens with zero attached hydrogens (tertiary/aromatic N) is 1. The summed E-state index contributed by atoms with van der Waals surface area (Å²) in [4.78, 5) is 2.14. The second-order valence-electron chi connectivity index (χ2n) is 6.31. The van der Waals surface area contributed by atoms with Crippen LogP contribution in [-0.4, -0.2) is 36.8 Å². The van der Waals surface area contributed by atoms with Gasteiger partial charge in [0.1, 0.15) is 0 Å². The Morgan fingerprint density at radius 2 is 2.00 bits per heavy atom. The number of alkyl halides is 3. The van der Waals surface area contributed by atoms with E-state index in [9.17, 15) is 13.2 Å². The van der Waals surface area contributed by atoms with Crippen molar-refractivity contribution in [2.45, 2.75) is 37.9 Å². The zero-order valence-corrected chi connectivity index (χ0v) is 11.0. The highest BCUT2D eigenvalue weighted by molar-refractivity contribution is 5.13. The van der Waals surface area contributed by atoms with Gasteiger partial charge in [-0.2, -0.15) is 13.2 Å².